The van der Waals surface area contributed by atoms with Gasteiger partial charge >= 0.3 is 0 Å². The lowest BCUT2D eigenvalue weighted by atomic mass is 9.69. The molecule has 6 aromatic carbocycles. The smallest absolute Gasteiger partial charge is 0.0722 e. The van der Waals surface area contributed by atoms with Crippen molar-refractivity contribution in [3.05, 3.63) is 214 Å². The van der Waals surface area contributed by atoms with Crippen molar-refractivity contribution in [2.45, 2.75) is 50.4 Å². The third kappa shape index (κ3) is 4.49. The maximum absolute atomic E-state index is 3.46. The summed E-state index contributed by atoms with van der Waals surface area (Å²) in [5, 5.41) is 0. The first-order valence-electron chi connectivity index (χ1n) is 19.8. The molecule has 0 aliphatic heterocycles. The fraction of sp³-hybridized carbons (Fsp3) is 0.148. The number of para-hydroxylation sites is 1. The fourth-order valence-electron chi connectivity index (χ4n) is 10.6. The van der Waals surface area contributed by atoms with Gasteiger partial charge in [0.25, 0.3) is 0 Å². The van der Waals surface area contributed by atoms with Crippen molar-refractivity contribution >= 4 is 22.5 Å². The molecule has 0 radical (unpaired) electrons. The summed E-state index contributed by atoms with van der Waals surface area (Å²) in [6.07, 6.45) is 12.6. The van der Waals surface area contributed by atoms with Crippen molar-refractivity contribution in [2.75, 3.05) is 4.90 Å². The number of benzene rings is 6. The molecule has 262 valence electrons. The predicted octanol–water partition coefficient (Wildman–Crippen LogP) is 13.3. The van der Waals surface area contributed by atoms with Crippen LogP contribution in [0.1, 0.15) is 78.5 Å². The van der Waals surface area contributed by atoms with Gasteiger partial charge in [-0.25, -0.2) is 0 Å². The monoisotopic (exact) mass is 703 g/mol. The predicted molar refractivity (Wildman–Crippen MR) is 229 cm³/mol. The summed E-state index contributed by atoms with van der Waals surface area (Å²) in [6.45, 7) is 4.77. The second-order valence-electron chi connectivity index (χ2n) is 16.0. The lowest BCUT2D eigenvalue weighted by Gasteiger charge is -2.36. The average molecular weight is 704 g/mol. The van der Waals surface area contributed by atoms with Gasteiger partial charge in [-0.15, -0.1) is 0 Å². The van der Waals surface area contributed by atoms with E-state index in [-0.39, 0.29) is 10.8 Å². The van der Waals surface area contributed by atoms with E-state index in [1.807, 2.05) is 0 Å². The molecule has 5 aliphatic rings. The van der Waals surface area contributed by atoms with E-state index in [4.69, 9.17) is 0 Å². The van der Waals surface area contributed by atoms with E-state index in [0.29, 0.717) is 0 Å². The fourth-order valence-corrected chi connectivity index (χ4v) is 10.6. The summed E-state index contributed by atoms with van der Waals surface area (Å²) in [4.78, 5) is 2.60. The zero-order chi connectivity index (χ0) is 36.7. The Balaban J connectivity index is 1.17. The summed E-state index contributed by atoms with van der Waals surface area (Å²) in [5.41, 5.74) is 22.3. The summed E-state index contributed by atoms with van der Waals surface area (Å²) >= 11 is 0. The molecule has 0 atom stereocenters. The van der Waals surface area contributed by atoms with E-state index in [2.05, 4.69) is 194 Å². The van der Waals surface area contributed by atoms with Crippen molar-refractivity contribution in [1.82, 2.24) is 0 Å². The van der Waals surface area contributed by atoms with Crippen LogP contribution in [0.2, 0.25) is 0 Å². The number of rotatable bonds is 4. The van der Waals surface area contributed by atoms with Crippen molar-refractivity contribution in [1.29, 1.82) is 0 Å². The molecule has 1 heteroatoms. The van der Waals surface area contributed by atoms with Crippen molar-refractivity contribution in [3.63, 3.8) is 0 Å². The molecule has 0 bridgehead atoms. The van der Waals surface area contributed by atoms with E-state index < -0.39 is 0 Å². The van der Waals surface area contributed by atoms with Crippen LogP contribution in [-0.2, 0) is 10.8 Å². The zero-order valence-electron chi connectivity index (χ0n) is 31.4. The van der Waals surface area contributed by atoms with Gasteiger partial charge in [0.1, 0.15) is 0 Å². The average Bonchev–Trinajstić information content (AvgIpc) is 3.77. The Kier molecular flexibility index (Phi) is 7.05. The van der Waals surface area contributed by atoms with Gasteiger partial charge in [0.05, 0.1) is 11.1 Å². The molecule has 0 amide bonds. The Morgan fingerprint density at radius 3 is 1.85 bits per heavy atom. The maximum atomic E-state index is 3.46. The van der Waals surface area contributed by atoms with Crippen molar-refractivity contribution in [3.8, 4) is 34.1 Å². The normalized spacial score (nSPS) is 18.9. The number of allylic oxidation sites excluding steroid dienone is 8. The van der Waals surface area contributed by atoms with Gasteiger partial charge in [-0.1, -0.05) is 165 Å². The highest BCUT2D eigenvalue weighted by Crippen LogP contribution is 2.64. The van der Waals surface area contributed by atoms with Gasteiger partial charge in [-0.3, -0.25) is 0 Å². The Morgan fingerprint density at radius 2 is 1.13 bits per heavy atom. The van der Waals surface area contributed by atoms with Crippen LogP contribution >= 0.6 is 0 Å². The Hall–Kier alpha value is -6.36. The molecule has 6 aromatic rings. The molecular weight excluding hydrogens is 663 g/mol. The number of hydrogen-bond donors (Lipinski definition) is 0. The van der Waals surface area contributed by atoms with Crippen LogP contribution in [-0.4, -0.2) is 0 Å². The lowest BCUT2D eigenvalue weighted by Crippen LogP contribution is -2.28. The quantitative estimate of drug-likeness (QED) is 0.165. The van der Waals surface area contributed by atoms with Crippen LogP contribution in [0.5, 0.6) is 0 Å². The van der Waals surface area contributed by atoms with Gasteiger partial charge < -0.3 is 4.90 Å². The minimum Gasteiger partial charge on any atom is -0.314 e. The topological polar surface area (TPSA) is 3.24 Å². The van der Waals surface area contributed by atoms with Crippen LogP contribution in [0.3, 0.4) is 0 Å². The molecule has 55 heavy (non-hydrogen) atoms. The van der Waals surface area contributed by atoms with Crippen LogP contribution in [0, 0.1) is 11.8 Å². The van der Waals surface area contributed by atoms with Crippen molar-refractivity contribution in [2.24, 2.45) is 0 Å². The second kappa shape index (κ2) is 12.1. The van der Waals surface area contributed by atoms with Crippen LogP contribution in [0.25, 0.3) is 33.4 Å². The molecule has 0 saturated heterocycles. The molecule has 0 heterocycles. The molecule has 11 rings (SSSR count). The van der Waals surface area contributed by atoms with Crippen LogP contribution in [0.4, 0.5) is 11.4 Å². The lowest BCUT2D eigenvalue weighted by molar-refractivity contribution is 0.660. The Bertz CT molecular complexity index is 2760. The van der Waals surface area contributed by atoms with Crippen LogP contribution < -0.4 is 4.90 Å². The molecule has 5 aliphatic carbocycles. The van der Waals surface area contributed by atoms with E-state index in [9.17, 15) is 0 Å². The summed E-state index contributed by atoms with van der Waals surface area (Å²) < 4.78 is 0. The van der Waals surface area contributed by atoms with Crippen molar-refractivity contribution < 1.29 is 0 Å². The van der Waals surface area contributed by atoms with Gasteiger partial charge in [0, 0.05) is 35.2 Å². The number of hydrogen-bond acceptors (Lipinski definition) is 1. The molecule has 1 spiro atoms. The molecule has 0 aromatic heterocycles. The summed E-state index contributed by atoms with van der Waals surface area (Å²) in [5.74, 6) is 6.80. The van der Waals surface area contributed by atoms with E-state index in [1.165, 1.54) is 95.0 Å². The largest absolute Gasteiger partial charge is 0.314 e. The SMILES string of the molecule is CC1(C)c2ccccc2-c2ccc(N(C3=CC4=C(CC3)c3ccccc3C43c4ccccc4-c4ccccc43)c3ccccc3/C3=C/C=C\CC#CC3)cc21. The number of anilines is 2. The first-order valence-corrected chi connectivity index (χ1v) is 19.8. The first-order chi connectivity index (χ1) is 27.1. The number of nitrogens with zero attached hydrogens (tertiary/aromatic N) is 1. The minimum atomic E-state index is -0.375. The van der Waals surface area contributed by atoms with Gasteiger partial charge in [-0.05, 0) is 109 Å². The Morgan fingerprint density at radius 1 is 0.545 bits per heavy atom. The maximum Gasteiger partial charge on any atom is 0.0722 e. The highest BCUT2D eigenvalue weighted by molar-refractivity contribution is 5.97. The standard InChI is InChI=1S/C54H41N/c1-53(2)46-25-13-8-21-40(46)44-32-30-37(34-50(44)53)55(52-29-17-12-20-39(52)36-18-6-4-3-5-7-19-36)38-31-33-45-43-24-11-16-28-49(43)54(51(45)35-38)47-26-14-9-22-41(47)42-23-10-15-27-48(42)54/h4,6,8-18,20-30,32,34-35H,3,19,31,33H2,1-2H3/b6-4-,36-18+. The number of fused-ring (bicyclic) bond motifs is 12. The molecule has 1 nitrogen and oxygen atoms in total. The highest BCUT2D eigenvalue weighted by Gasteiger charge is 2.53. The highest BCUT2D eigenvalue weighted by atomic mass is 15.2. The zero-order valence-corrected chi connectivity index (χ0v) is 31.4. The second-order valence-corrected chi connectivity index (χ2v) is 16.0. The minimum absolute atomic E-state index is 0.110. The van der Waals surface area contributed by atoms with E-state index >= 15 is 0 Å². The molecular formula is C54H41N. The van der Waals surface area contributed by atoms with Gasteiger partial charge in [-0.2, -0.15) is 0 Å². The van der Waals surface area contributed by atoms with E-state index in [1.54, 1.807) is 0 Å². The van der Waals surface area contributed by atoms with E-state index in [0.717, 1.165) is 25.7 Å². The third-order valence-corrected chi connectivity index (χ3v) is 12.9. The Labute approximate surface area is 324 Å². The van der Waals surface area contributed by atoms with Gasteiger partial charge in [0.15, 0.2) is 0 Å². The third-order valence-electron chi connectivity index (χ3n) is 12.9. The molecule has 0 unspecified atom stereocenters. The summed E-state index contributed by atoms with van der Waals surface area (Å²) in [6, 6.07) is 52.7. The van der Waals surface area contributed by atoms with Crippen LogP contribution in [0.15, 0.2) is 175 Å². The molecule has 0 N–H and O–H groups in total. The van der Waals surface area contributed by atoms with Gasteiger partial charge in [0.2, 0.25) is 0 Å². The molecule has 0 fully saturated rings. The summed E-state index contributed by atoms with van der Waals surface area (Å²) in [7, 11) is 0. The first kappa shape index (κ1) is 32.1. The molecule has 0 saturated carbocycles.